The van der Waals surface area contributed by atoms with Gasteiger partial charge in [0.05, 0.1) is 0 Å². The van der Waals surface area contributed by atoms with Crippen molar-refractivity contribution in [2.45, 2.75) is 26.4 Å². The van der Waals surface area contributed by atoms with Gasteiger partial charge in [0.25, 0.3) is 11.8 Å². The highest BCUT2D eigenvalue weighted by Crippen LogP contribution is 2.19. The summed E-state index contributed by atoms with van der Waals surface area (Å²) in [6.45, 7) is 4.13. The summed E-state index contributed by atoms with van der Waals surface area (Å²) >= 11 is 0. The lowest BCUT2D eigenvalue weighted by Crippen LogP contribution is -2.31. The van der Waals surface area contributed by atoms with Crippen molar-refractivity contribution in [1.29, 1.82) is 0 Å². The Bertz CT molecular complexity index is 951. The Morgan fingerprint density at radius 1 is 0.786 bits per heavy atom. The first-order valence-corrected chi connectivity index (χ1v) is 9.23. The molecule has 1 aromatic heterocycles. The van der Waals surface area contributed by atoms with Gasteiger partial charge in [-0.05, 0) is 42.7 Å². The minimum absolute atomic E-state index is 0.00522. The molecule has 28 heavy (non-hydrogen) atoms. The number of carbonyl (C=O) groups excluding carboxylic acids is 2. The molecule has 3 rings (SSSR count). The molecule has 0 saturated heterocycles. The summed E-state index contributed by atoms with van der Waals surface area (Å²) in [5.41, 5.74) is 3.72. The molecular weight excluding hydrogens is 350 g/mol. The summed E-state index contributed by atoms with van der Waals surface area (Å²) in [6.07, 6.45) is 0. The highest BCUT2D eigenvalue weighted by Gasteiger charge is 2.13. The van der Waals surface area contributed by atoms with Crippen LogP contribution in [0.15, 0.2) is 72.8 Å². The van der Waals surface area contributed by atoms with Crippen molar-refractivity contribution in [3.8, 4) is 11.1 Å². The number of carbonyl (C=O) groups is 2. The predicted octanol–water partition coefficient (Wildman–Crippen LogP) is 3.82. The zero-order valence-corrected chi connectivity index (χ0v) is 16.0. The van der Waals surface area contributed by atoms with E-state index >= 15 is 0 Å². The van der Waals surface area contributed by atoms with Gasteiger partial charge >= 0.3 is 0 Å². The van der Waals surface area contributed by atoms with E-state index in [0.29, 0.717) is 6.54 Å². The minimum Gasteiger partial charge on any atom is -0.349 e. The minimum atomic E-state index is -0.314. The Labute approximate surface area is 164 Å². The highest BCUT2D eigenvalue weighted by molar-refractivity contribution is 5.96. The molecule has 0 fully saturated rings. The van der Waals surface area contributed by atoms with Crippen LogP contribution in [-0.2, 0) is 6.54 Å². The van der Waals surface area contributed by atoms with Crippen molar-refractivity contribution < 1.29 is 9.59 Å². The fourth-order valence-electron chi connectivity index (χ4n) is 2.74. The van der Waals surface area contributed by atoms with Crippen LogP contribution < -0.4 is 10.6 Å². The van der Waals surface area contributed by atoms with E-state index in [4.69, 9.17) is 0 Å². The average Bonchev–Trinajstić information content (AvgIpc) is 2.72. The lowest BCUT2D eigenvalue weighted by molar-refractivity contribution is 0.0936. The van der Waals surface area contributed by atoms with E-state index < -0.39 is 0 Å². The molecule has 0 bridgehead atoms. The van der Waals surface area contributed by atoms with E-state index in [2.05, 4.69) is 27.8 Å². The molecular formula is C23H23N3O2. The average molecular weight is 373 g/mol. The number of hydrogen-bond acceptors (Lipinski definition) is 3. The summed E-state index contributed by atoms with van der Waals surface area (Å²) in [7, 11) is 0. The zero-order chi connectivity index (χ0) is 19.9. The molecule has 0 saturated carbocycles. The third-order valence-electron chi connectivity index (χ3n) is 4.15. The van der Waals surface area contributed by atoms with Gasteiger partial charge in [0.1, 0.15) is 11.4 Å². The van der Waals surface area contributed by atoms with E-state index in [1.165, 1.54) is 0 Å². The van der Waals surface area contributed by atoms with Gasteiger partial charge in [0.15, 0.2) is 0 Å². The van der Waals surface area contributed by atoms with Crippen molar-refractivity contribution in [1.82, 2.24) is 15.6 Å². The fraction of sp³-hybridized carbons (Fsp3) is 0.174. The number of pyridine rings is 1. The van der Waals surface area contributed by atoms with Crippen molar-refractivity contribution in [3.63, 3.8) is 0 Å². The van der Waals surface area contributed by atoms with Crippen molar-refractivity contribution in [3.05, 3.63) is 89.7 Å². The van der Waals surface area contributed by atoms with Crippen molar-refractivity contribution in [2.75, 3.05) is 0 Å². The number of aromatic nitrogens is 1. The van der Waals surface area contributed by atoms with Gasteiger partial charge < -0.3 is 10.6 Å². The molecule has 0 radical (unpaired) electrons. The maximum absolute atomic E-state index is 12.4. The first-order chi connectivity index (χ1) is 13.5. The molecule has 0 atom stereocenters. The SMILES string of the molecule is CC(C)NC(=O)c1cccc(C(=O)NCc2ccc(-c3ccccc3)cc2)n1. The van der Waals surface area contributed by atoms with Crippen LogP contribution in [0.25, 0.3) is 11.1 Å². The van der Waals surface area contributed by atoms with Gasteiger partial charge in [-0.15, -0.1) is 0 Å². The van der Waals surface area contributed by atoms with Gasteiger partial charge in [0.2, 0.25) is 0 Å². The third-order valence-corrected chi connectivity index (χ3v) is 4.15. The Balaban J connectivity index is 1.62. The maximum Gasteiger partial charge on any atom is 0.270 e. The summed E-state index contributed by atoms with van der Waals surface area (Å²) in [5.74, 6) is -0.604. The van der Waals surface area contributed by atoms with Crippen molar-refractivity contribution in [2.24, 2.45) is 0 Å². The Kier molecular flexibility index (Phi) is 6.17. The van der Waals surface area contributed by atoms with Crippen LogP contribution in [0.3, 0.4) is 0 Å². The van der Waals surface area contributed by atoms with E-state index in [9.17, 15) is 9.59 Å². The molecule has 1 heterocycles. The molecule has 2 amide bonds. The number of hydrogen-bond donors (Lipinski definition) is 2. The fourth-order valence-corrected chi connectivity index (χ4v) is 2.74. The van der Waals surface area contributed by atoms with Gasteiger partial charge in [-0.25, -0.2) is 4.98 Å². The third kappa shape index (κ3) is 5.04. The molecule has 2 N–H and O–H groups in total. The molecule has 2 aromatic carbocycles. The lowest BCUT2D eigenvalue weighted by Gasteiger charge is -2.09. The van der Waals surface area contributed by atoms with Gasteiger partial charge in [-0.2, -0.15) is 0 Å². The van der Waals surface area contributed by atoms with Crippen LogP contribution in [0, 0.1) is 0 Å². The highest BCUT2D eigenvalue weighted by atomic mass is 16.2. The second-order valence-corrected chi connectivity index (χ2v) is 6.78. The molecule has 0 aliphatic rings. The van der Waals surface area contributed by atoms with E-state index in [-0.39, 0.29) is 29.2 Å². The summed E-state index contributed by atoms with van der Waals surface area (Å²) in [5, 5.41) is 5.62. The zero-order valence-electron chi connectivity index (χ0n) is 16.0. The summed E-state index contributed by atoms with van der Waals surface area (Å²) in [4.78, 5) is 28.6. The smallest absolute Gasteiger partial charge is 0.270 e. The topological polar surface area (TPSA) is 71.1 Å². The Morgan fingerprint density at radius 3 is 2.04 bits per heavy atom. The van der Waals surface area contributed by atoms with E-state index in [1.54, 1.807) is 18.2 Å². The van der Waals surface area contributed by atoms with Crippen molar-refractivity contribution >= 4 is 11.8 Å². The molecule has 142 valence electrons. The van der Waals surface area contributed by atoms with Crippen LogP contribution in [0.5, 0.6) is 0 Å². The first-order valence-electron chi connectivity index (χ1n) is 9.23. The molecule has 5 nitrogen and oxygen atoms in total. The number of nitrogens with one attached hydrogen (secondary N) is 2. The number of benzene rings is 2. The van der Waals surface area contributed by atoms with E-state index in [0.717, 1.165) is 16.7 Å². The Hall–Kier alpha value is -3.47. The molecule has 0 aliphatic carbocycles. The largest absolute Gasteiger partial charge is 0.349 e. The monoisotopic (exact) mass is 373 g/mol. The Morgan fingerprint density at radius 2 is 1.39 bits per heavy atom. The maximum atomic E-state index is 12.4. The van der Waals surface area contributed by atoms with Crippen LogP contribution >= 0.6 is 0 Å². The van der Waals surface area contributed by atoms with E-state index in [1.807, 2.05) is 56.3 Å². The van der Waals surface area contributed by atoms with Crippen LogP contribution in [-0.4, -0.2) is 22.8 Å². The van der Waals surface area contributed by atoms with Crippen LogP contribution in [0.4, 0.5) is 0 Å². The number of rotatable bonds is 6. The molecule has 0 aliphatic heterocycles. The standard InChI is InChI=1S/C23H23N3O2/c1-16(2)25-23(28)21-10-6-9-20(26-21)22(27)24-15-17-11-13-19(14-12-17)18-7-4-3-5-8-18/h3-14,16H,15H2,1-2H3,(H,24,27)(H,25,28). The first kappa shape index (κ1) is 19.3. The van der Waals surface area contributed by atoms with Gasteiger partial charge in [-0.3, -0.25) is 9.59 Å². The van der Waals surface area contributed by atoms with Gasteiger partial charge in [0, 0.05) is 12.6 Å². The van der Waals surface area contributed by atoms with Gasteiger partial charge in [-0.1, -0.05) is 60.7 Å². The molecule has 0 spiro atoms. The normalized spacial score (nSPS) is 10.5. The summed E-state index contributed by atoms with van der Waals surface area (Å²) in [6, 6.07) is 23.0. The molecule has 0 unspecified atom stereocenters. The van der Waals surface area contributed by atoms with Crippen LogP contribution in [0.1, 0.15) is 40.4 Å². The second kappa shape index (κ2) is 8.95. The summed E-state index contributed by atoms with van der Waals surface area (Å²) < 4.78 is 0. The molecule has 3 aromatic rings. The molecule has 5 heteroatoms. The quantitative estimate of drug-likeness (QED) is 0.690. The van der Waals surface area contributed by atoms with Crippen LogP contribution in [0.2, 0.25) is 0 Å². The predicted molar refractivity (Wildman–Crippen MR) is 110 cm³/mol. The number of nitrogens with zero attached hydrogens (tertiary/aromatic N) is 1. The number of amides is 2. The second-order valence-electron chi connectivity index (χ2n) is 6.78. The lowest BCUT2D eigenvalue weighted by atomic mass is 10.0.